The third-order valence-corrected chi connectivity index (χ3v) is 3.94. The van der Waals surface area contributed by atoms with E-state index in [0.717, 1.165) is 6.42 Å². The van der Waals surface area contributed by atoms with Crippen molar-refractivity contribution < 1.29 is 19.7 Å². The molecule has 0 radical (unpaired) electrons. The Labute approximate surface area is 114 Å². The number of nitrogens with two attached hydrogens (primary N) is 1. The summed E-state index contributed by atoms with van der Waals surface area (Å²) in [6.45, 7) is 0.131. The van der Waals surface area contributed by atoms with Crippen molar-refractivity contribution in [3.8, 4) is 0 Å². The predicted molar refractivity (Wildman–Crippen MR) is 67.8 cm³/mol. The zero-order valence-electron chi connectivity index (χ0n) is 10.8. The van der Waals surface area contributed by atoms with Gasteiger partial charge < -0.3 is 25.4 Å². The van der Waals surface area contributed by atoms with Crippen molar-refractivity contribution >= 4 is 5.82 Å². The van der Waals surface area contributed by atoms with E-state index in [1.807, 2.05) is 0 Å². The lowest BCUT2D eigenvalue weighted by Crippen LogP contribution is -2.48. The molecule has 2 fully saturated rings. The number of anilines is 1. The number of aromatic nitrogens is 2. The summed E-state index contributed by atoms with van der Waals surface area (Å²) >= 11 is 0. The summed E-state index contributed by atoms with van der Waals surface area (Å²) in [6.07, 6.45) is 0.161. The fraction of sp³-hybridized carbons (Fsp3) is 0.667. The topological polar surface area (TPSA) is 120 Å². The molecule has 0 aromatic carbocycles. The molecular formula is C12H17N3O5. The summed E-state index contributed by atoms with van der Waals surface area (Å²) in [5.74, 6) is 0.116. The Bertz CT molecular complexity index is 554. The molecule has 0 aliphatic carbocycles. The number of nitrogens with zero attached hydrogens (tertiary/aromatic N) is 2. The van der Waals surface area contributed by atoms with Crippen LogP contribution in [0.3, 0.4) is 0 Å². The van der Waals surface area contributed by atoms with Crippen LogP contribution in [-0.2, 0) is 9.47 Å². The molecule has 2 saturated heterocycles. The molecule has 1 aromatic rings. The largest absolute Gasteiger partial charge is 0.394 e. The lowest BCUT2D eigenvalue weighted by molar-refractivity contribution is -0.121. The van der Waals surface area contributed by atoms with Gasteiger partial charge in [0.1, 0.15) is 23.6 Å². The van der Waals surface area contributed by atoms with Crippen LogP contribution >= 0.6 is 0 Å². The van der Waals surface area contributed by atoms with Crippen LogP contribution in [0.4, 0.5) is 5.82 Å². The molecule has 20 heavy (non-hydrogen) atoms. The Kier molecular flexibility index (Phi) is 3.25. The molecule has 4 N–H and O–H groups in total. The summed E-state index contributed by atoms with van der Waals surface area (Å²) < 4.78 is 12.6. The minimum Gasteiger partial charge on any atom is -0.394 e. The zero-order valence-corrected chi connectivity index (χ0v) is 10.8. The van der Waals surface area contributed by atoms with E-state index in [4.69, 9.17) is 15.2 Å². The van der Waals surface area contributed by atoms with E-state index in [1.165, 1.54) is 16.8 Å². The minimum absolute atomic E-state index is 0.116. The smallest absolute Gasteiger partial charge is 0.351 e. The van der Waals surface area contributed by atoms with Gasteiger partial charge in [-0.2, -0.15) is 4.98 Å². The van der Waals surface area contributed by atoms with Crippen LogP contribution in [0.25, 0.3) is 0 Å². The lowest BCUT2D eigenvalue weighted by atomic mass is 9.91. The number of aliphatic hydroxyl groups is 2. The second kappa shape index (κ2) is 4.81. The fourth-order valence-corrected chi connectivity index (χ4v) is 2.97. The highest BCUT2D eigenvalue weighted by Crippen LogP contribution is 2.46. The molecule has 8 heteroatoms. The van der Waals surface area contributed by atoms with Crippen LogP contribution in [0.15, 0.2) is 17.1 Å². The second-order valence-corrected chi connectivity index (χ2v) is 5.10. The van der Waals surface area contributed by atoms with E-state index in [-0.39, 0.29) is 12.4 Å². The van der Waals surface area contributed by atoms with Gasteiger partial charge in [-0.15, -0.1) is 0 Å². The van der Waals surface area contributed by atoms with Crippen LogP contribution in [0.2, 0.25) is 0 Å². The zero-order chi connectivity index (χ0) is 14.3. The lowest BCUT2D eigenvalue weighted by Gasteiger charge is -2.31. The Morgan fingerprint density at radius 1 is 1.60 bits per heavy atom. The third-order valence-electron chi connectivity index (χ3n) is 3.94. The van der Waals surface area contributed by atoms with Gasteiger partial charge in [-0.1, -0.05) is 0 Å². The van der Waals surface area contributed by atoms with Crippen molar-refractivity contribution in [1.29, 1.82) is 0 Å². The molecule has 1 aromatic heterocycles. The molecular weight excluding hydrogens is 266 g/mol. The molecule has 0 saturated carbocycles. The molecule has 3 heterocycles. The maximum Gasteiger partial charge on any atom is 0.351 e. The number of hydrogen-bond acceptors (Lipinski definition) is 7. The first kappa shape index (κ1) is 13.5. The summed E-state index contributed by atoms with van der Waals surface area (Å²) in [6, 6.07) is 1.48. The monoisotopic (exact) mass is 283 g/mol. The van der Waals surface area contributed by atoms with E-state index >= 15 is 0 Å². The van der Waals surface area contributed by atoms with Gasteiger partial charge in [0.15, 0.2) is 6.23 Å². The summed E-state index contributed by atoms with van der Waals surface area (Å²) in [4.78, 5) is 15.6. The van der Waals surface area contributed by atoms with Gasteiger partial charge in [-0.25, -0.2) is 4.79 Å². The predicted octanol–water partition coefficient (Wildman–Crippen LogP) is -1.37. The van der Waals surface area contributed by atoms with Crippen LogP contribution in [0.1, 0.15) is 19.1 Å². The molecule has 4 atom stereocenters. The van der Waals surface area contributed by atoms with Crippen molar-refractivity contribution in [2.45, 2.75) is 36.9 Å². The molecule has 8 nitrogen and oxygen atoms in total. The van der Waals surface area contributed by atoms with Crippen molar-refractivity contribution in [3.63, 3.8) is 0 Å². The Balaban J connectivity index is 2.04. The van der Waals surface area contributed by atoms with Gasteiger partial charge in [0.25, 0.3) is 0 Å². The summed E-state index contributed by atoms with van der Waals surface area (Å²) in [5, 5.41) is 19.6. The summed E-state index contributed by atoms with van der Waals surface area (Å²) in [5.41, 5.74) is 3.87. The first-order chi connectivity index (χ1) is 9.58. The van der Waals surface area contributed by atoms with E-state index in [1.54, 1.807) is 0 Å². The highest BCUT2D eigenvalue weighted by molar-refractivity contribution is 5.24. The van der Waals surface area contributed by atoms with E-state index in [0.29, 0.717) is 13.0 Å². The molecule has 0 unspecified atom stereocenters. The first-order valence-corrected chi connectivity index (χ1v) is 6.51. The van der Waals surface area contributed by atoms with Crippen molar-refractivity contribution in [2.24, 2.45) is 0 Å². The molecule has 0 bridgehead atoms. The van der Waals surface area contributed by atoms with Gasteiger partial charge in [0.05, 0.1) is 6.61 Å². The number of nitrogen functional groups attached to an aromatic ring is 1. The minimum atomic E-state index is -1.02. The highest BCUT2D eigenvalue weighted by Gasteiger charge is 2.59. The highest BCUT2D eigenvalue weighted by atomic mass is 16.6. The van der Waals surface area contributed by atoms with Crippen LogP contribution < -0.4 is 11.4 Å². The molecule has 3 rings (SSSR count). The number of ether oxygens (including phenoxy) is 2. The standard InChI is InChI=1S/C12H17N3O5/c13-8-2-4-15(11(18)14-8)10-12(3-1-5-19-12)9(17)7(6-16)20-10/h2,4,7,9-10,16-17H,1,3,5-6H2,(H2,13,14,18)/t7-,9-,10-,12+/m1/s1. The van der Waals surface area contributed by atoms with Gasteiger partial charge in [0, 0.05) is 12.8 Å². The number of rotatable bonds is 2. The normalized spacial score (nSPS) is 36.8. The molecule has 0 amide bonds. The molecule has 110 valence electrons. The van der Waals surface area contributed by atoms with Crippen molar-refractivity contribution in [3.05, 3.63) is 22.7 Å². The Morgan fingerprint density at radius 3 is 3.00 bits per heavy atom. The van der Waals surface area contributed by atoms with Crippen molar-refractivity contribution in [2.75, 3.05) is 18.9 Å². The molecule has 2 aliphatic rings. The SMILES string of the molecule is Nc1ccn([C@@H]2O[C@H](CO)[C@@H](O)[C@@]23CCCO3)c(=O)n1. The first-order valence-electron chi connectivity index (χ1n) is 6.51. The average molecular weight is 283 g/mol. The molecule has 1 spiro atoms. The van der Waals surface area contributed by atoms with Gasteiger partial charge in [0.2, 0.25) is 0 Å². The summed E-state index contributed by atoms with van der Waals surface area (Å²) in [7, 11) is 0. The quantitative estimate of drug-likeness (QED) is 0.612. The maximum atomic E-state index is 12.0. The number of hydrogen-bond donors (Lipinski definition) is 3. The van der Waals surface area contributed by atoms with Crippen LogP contribution in [0.5, 0.6) is 0 Å². The van der Waals surface area contributed by atoms with Gasteiger partial charge in [-0.05, 0) is 18.9 Å². The van der Waals surface area contributed by atoms with E-state index < -0.39 is 29.7 Å². The maximum absolute atomic E-state index is 12.0. The van der Waals surface area contributed by atoms with Crippen LogP contribution in [0, 0.1) is 0 Å². The molecule has 2 aliphatic heterocycles. The Morgan fingerprint density at radius 2 is 2.40 bits per heavy atom. The third kappa shape index (κ3) is 1.84. The fourth-order valence-electron chi connectivity index (χ4n) is 2.97. The van der Waals surface area contributed by atoms with Gasteiger partial charge >= 0.3 is 5.69 Å². The average Bonchev–Trinajstić information content (AvgIpc) is 3.00. The number of aliphatic hydroxyl groups excluding tert-OH is 2. The van der Waals surface area contributed by atoms with Gasteiger partial charge in [-0.3, -0.25) is 4.57 Å². The van der Waals surface area contributed by atoms with Crippen molar-refractivity contribution in [1.82, 2.24) is 9.55 Å². The second-order valence-electron chi connectivity index (χ2n) is 5.10. The van der Waals surface area contributed by atoms with E-state index in [2.05, 4.69) is 4.98 Å². The Hall–Kier alpha value is -1.48. The van der Waals surface area contributed by atoms with Crippen LogP contribution in [-0.4, -0.2) is 50.8 Å². The van der Waals surface area contributed by atoms with E-state index in [9.17, 15) is 15.0 Å².